The van der Waals surface area contributed by atoms with Crippen LogP contribution in [0.4, 0.5) is 8.78 Å². The van der Waals surface area contributed by atoms with Gasteiger partial charge in [-0.15, -0.1) is 0 Å². The number of carbonyl (C=O) groups is 2. The lowest BCUT2D eigenvalue weighted by Gasteiger charge is -2.38. The summed E-state index contributed by atoms with van der Waals surface area (Å²) in [7, 11) is 0. The summed E-state index contributed by atoms with van der Waals surface area (Å²) in [5.74, 6) is -1.12. The van der Waals surface area contributed by atoms with Gasteiger partial charge in [-0.1, -0.05) is 0 Å². The van der Waals surface area contributed by atoms with Gasteiger partial charge >= 0.3 is 0 Å². The van der Waals surface area contributed by atoms with Gasteiger partial charge in [0.05, 0.1) is 5.92 Å². The van der Waals surface area contributed by atoms with Gasteiger partial charge in [0.25, 0.3) is 0 Å². The first-order valence-corrected chi connectivity index (χ1v) is 6.06. The molecule has 104 valence electrons. The highest BCUT2D eigenvalue weighted by Gasteiger charge is 2.36. The molecular formula is C12H20F2N2O2. The van der Waals surface area contributed by atoms with Crippen LogP contribution in [0.5, 0.6) is 0 Å². The van der Waals surface area contributed by atoms with E-state index in [4.69, 9.17) is 0 Å². The van der Waals surface area contributed by atoms with Crippen molar-refractivity contribution < 1.29 is 18.4 Å². The molecule has 2 amide bonds. The van der Waals surface area contributed by atoms with Gasteiger partial charge in [-0.25, -0.2) is 8.78 Å². The lowest BCUT2D eigenvalue weighted by Crippen LogP contribution is -2.52. The molecule has 0 radical (unpaired) electrons. The van der Waals surface area contributed by atoms with E-state index in [9.17, 15) is 18.4 Å². The number of hydrogen-bond acceptors (Lipinski definition) is 2. The van der Waals surface area contributed by atoms with E-state index in [1.54, 1.807) is 0 Å². The van der Waals surface area contributed by atoms with E-state index < -0.39 is 12.3 Å². The fraction of sp³-hybridized carbons (Fsp3) is 0.833. The summed E-state index contributed by atoms with van der Waals surface area (Å²) in [5.41, 5.74) is -0.322. The van der Waals surface area contributed by atoms with Crippen molar-refractivity contribution in [3.63, 3.8) is 0 Å². The van der Waals surface area contributed by atoms with Crippen LogP contribution < -0.4 is 5.32 Å². The molecule has 0 unspecified atom stereocenters. The van der Waals surface area contributed by atoms with E-state index in [1.165, 1.54) is 4.90 Å². The second-order valence-corrected chi connectivity index (χ2v) is 5.69. The molecule has 1 heterocycles. The molecule has 1 saturated heterocycles. The van der Waals surface area contributed by atoms with Crippen LogP contribution in [0.2, 0.25) is 0 Å². The minimum Gasteiger partial charge on any atom is -0.351 e. The molecule has 0 atom stereocenters. The third-order valence-corrected chi connectivity index (χ3v) is 2.70. The summed E-state index contributed by atoms with van der Waals surface area (Å²) in [6.07, 6.45) is -2.18. The smallest absolute Gasteiger partial charge is 0.244 e. The zero-order valence-corrected chi connectivity index (χ0v) is 11.0. The van der Waals surface area contributed by atoms with Crippen molar-refractivity contribution in [3.05, 3.63) is 0 Å². The fourth-order valence-electron chi connectivity index (χ4n) is 1.74. The predicted molar refractivity (Wildman–Crippen MR) is 63.2 cm³/mol. The number of likely N-dealkylation sites (tertiary alicyclic amines) is 1. The predicted octanol–water partition coefficient (Wildman–Crippen LogP) is 1.40. The number of carbonyl (C=O) groups excluding carboxylic acids is 2. The Morgan fingerprint density at radius 3 is 2.28 bits per heavy atom. The molecular weight excluding hydrogens is 242 g/mol. The molecule has 4 nitrogen and oxygen atoms in total. The van der Waals surface area contributed by atoms with Gasteiger partial charge in [0, 0.05) is 31.5 Å². The van der Waals surface area contributed by atoms with Gasteiger partial charge in [0.1, 0.15) is 0 Å². The van der Waals surface area contributed by atoms with Gasteiger partial charge in [-0.05, 0) is 20.8 Å². The highest BCUT2D eigenvalue weighted by molar-refractivity contribution is 5.84. The Labute approximate surface area is 106 Å². The number of rotatable bonds is 4. The molecule has 0 aliphatic carbocycles. The van der Waals surface area contributed by atoms with Gasteiger partial charge < -0.3 is 10.2 Å². The second kappa shape index (κ2) is 5.63. The van der Waals surface area contributed by atoms with Crippen molar-refractivity contribution in [2.75, 3.05) is 13.1 Å². The average Bonchev–Trinajstić information content (AvgIpc) is 2.08. The molecule has 1 N–H and O–H groups in total. The van der Waals surface area contributed by atoms with Crippen LogP contribution in [0.15, 0.2) is 0 Å². The van der Waals surface area contributed by atoms with Crippen molar-refractivity contribution >= 4 is 11.8 Å². The molecule has 1 rings (SSSR count). The van der Waals surface area contributed by atoms with Crippen molar-refractivity contribution in [2.45, 2.75) is 45.6 Å². The first-order chi connectivity index (χ1) is 8.19. The minimum absolute atomic E-state index is 0.0812. The monoisotopic (exact) mass is 262 g/mol. The molecule has 0 aromatic carbocycles. The number of halogens is 2. The highest BCUT2D eigenvalue weighted by Crippen LogP contribution is 2.23. The van der Waals surface area contributed by atoms with Gasteiger partial charge in [-0.3, -0.25) is 9.59 Å². The van der Waals surface area contributed by atoms with Gasteiger partial charge in [0.2, 0.25) is 18.2 Å². The van der Waals surface area contributed by atoms with Crippen molar-refractivity contribution in [1.29, 1.82) is 0 Å². The van der Waals surface area contributed by atoms with E-state index in [1.807, 2.05) is 20.8 Å². The third kappa shape index (κ3) is 4.58. The van der Waals surface area contributed by atoms with E-state index in [0.29, 0.717) is 0 Å². The molecule has 6 heteroatoms. The van der Waals surface area contributed by atoms with Crippen LogP contribution in [0.1, 0.15) is 33.6 Å². The van der Waals surface area contributed by atoms with E-state index >= 15 is 0 Å². The fourth-order valence-corrected chi connectivity index (χ4v) is 1.74. The zero-order valence-electron chi connectivity index (χ0n) is 11.0. The van der Waals surface area contributed by atoms with Crippen LogP contribution >= 0.6 is 0 Å². The summed E-state index contributed by atoms with van der Waals surface area (Å²) in [4.78, 5) is 24.4. The zero-order chi connectivity index (χ0) is 13.9. The lowest BCUT2D eigenvalue weighted by molar-refractivity contribution is -0.143. The first-order valence-electron chi connectivity index (χ1n) is 6.06. The van der Waals surface area contributed by atoms with Gasteiger partial charge in [0.15, 0.2) is 0 Å². The summed E-state index contributed by atoms with van der Waals surface area (Å²) in [6, 6.07) is 0. The Kier molecular flexibility index (Phi) is 4.65. The largest absolute Gasteiger partial charge is 0.351 e. The molecule has 0 aromatic heterocycles. The van der Waals surface area contributed by atoms with Crippen LogP contribution in [-0.4, -0.2) is 41.8 Å². The molecule has 0 spiro atoms. The topological polar surface area (TPSA) is 49.4 Å². The number of hydrogen-bond donors (Lipinski definition) is 1. The van der Waals surface area contributed by atoms with Crippen LogP contribution in [-0.2, 0) is 9.59 Å². The van der Waals surface area contributed by atoms with Crippen molar-refractivity contribution in [3.8, 4) is 0 Å². The Morgan fingerprint density at radius 1 is 1.28 bits per heavy atom. The Hall–Kier alpha value is -1.20. The number of nitrogens with one attached hydrogen (secondary N) is 1. The Bertz CT molecular complexity index is 321. The standard InChI is InChI=1S/C12H20F2N2O2/c1-12(2,3)15-9(17)4-5-10(18)16-6-8(7-16)11(13)14/h8,11H,4-7H2,1-3H3,(H,15,17). The molecule has 18 heavy (non-hydrogen) atoms. The molecule has 0 aromatic rings. The lowest BCUT2D eigenvalue weighted by atomic mass is 10.00. The highest BCUT2D eigenvalue weighted by atomic mass is 19.3. The van der Waals surface area contributed by atoms with Gasteiger partial charge in [-0.2, -0.15) is 0 Å². The summed E-state index contributed by atoms with van der Waals surface area (Å²) >= 11 is 0. The molecule has 1 fully saturated rings. The number of amides is 2. The van der Waals surface area contributed by atoms with Crippen LogP contribution in [0.25, 0.3) is 0 Å². The van der Waals surface area contributed by atoms with Crippen LogP contribution in [0.3, 0.4) is 0 Å². The third-order valence-electron chi connectivity index (χ3n) is 2.70. The second-order valence-electron chi connectivity index (χ2n) is 5.69. The number of nitrogens with zero attached hydrogens (tertiary/aromatic N) is 1. The quantitative estimate of drug-likeness (QED) is 0.832. The maximum absolute atomic E-state index is 12.2. The first kappa shape index (κ1) is 14.9. The Balaban J connectivity index is 2.21. The molecule has 0 saturated carbocycles. The molecule has 1 aliphatic rings. The molecule has 1 aliphatic heterocycles. The summed E-state index contributed by atoms with van der Waals surface area (Å²) in [5, 5.41) is 2.75. The molecule has 0 bridgehead atoms. The summed E-state index contributed by atoms with van der Waals surface area (Å²) in [6.45, 7) is 5.79. The maximum Gasteiger partial charge on any atom is 0.244 e. The van der Waals surface area contributed by atoms with E-state index in [-0.39, 0.29) is 43.3 Å². The Morgan fingerprint density at radius 2 is 1.83 bits per heavy atom. The normalized spacial score (nSPS) is 16.7. The summed E-state index contributed by atoms with van der Waals surface area (Å²) < 4.78 is 24.4. The maximum atomic E-state index is 12.2. The van der Waals surface area contributed by atoms with E-state index in [0.717, 1.165) is 0 Å². The average molecular weight is 262 g/mol. The van der Waals surface area contributed by atoms with Crippen LogP contribution in [0, 0.1) is 5.92 Å². The van der Waals surface area contributed by atoms with E-state index in [2.05, 4.69) is 5.32 Å². The van der Waals surface area contributed by atoms with Crippen molar-refractivity contribution in [1.82, 2.24) is 10.2 Å². The van der Waals surface area contributed by atoms with Crippen molar-refractivity contribution in [2.24, 2.45) is 5.92 Å². The minimum atomic E-state index is -2.36. The SMILES string of the molecule is CC(C)(C)NC(=O)CCC(=O)N1CC(C(F)F)C1. The number of alkyl halides is 2.